The minimum atomic E-state index is -0.686. The maximum Gasteiger partial charge on any atom is 0.310 e. The lowest BCUT2D eigenvalue weighted by atomic mass is 9.74. The summed E-state index contributed by atoms with van der Waals surface area (Å²) in [5, 5.41) is 13.2. The molecular weight excluding hydrogens is 194 g/mol. The molecule has 4 heteroatoms. The topological polar surface area (TPSA) is 49.4 Å². The lowest BCUT2D eigenvalue weighted by molar-refractivity contribution is -0.299. The zero-order chi connectivity index (χ0) is 11.9. The second-order valence-corrected chi connectivity index (χ2v) is 5.37. The third-order valence-corrected chi connectivity index (χ3v) is 3.46. The Kier molecular flexibility index (Phi) is 3.12. The van der Waals surface area contributed by atoms with Crippen LogP contribution in [-0.2, 0) is 14.7 Å². The van der Waals surface area contributed by atoms with Gasteiger partial charge in [-0.05, 0) is 40.5 Å². The molecule has 1 aliphatic rings. The molecule has 87 valence electrons. The molecule has 0 N–H and O–H groups in total. The van der Waals surface area contributed by atoms with E-state index in [1.807, 2.05) is 27.7 Å². The number of hydrogen-bond acceptors (Lipinski definition) is 3. The van der Waals surface area contributed by atoms with E-state index in [2.05, 4.69) is 0 Å². The van der Waals surface area contributed by atoms with E-state index < -0.39 is 11.1 Å². The van der Waals surface area contributed by atoms with Crippen molar-refractivity contribution in [1.29, 1.82) is 0 Å². The zero-order valence-corrected chi connectivity index (χ0v) is 10.2. The molecule has 0 bridgehead atoms. The summed E-state index contributed by atoms with van der Waals surface area (Å²) < 4.78 is 4.74. The van der Waals surface area contributed by atoms with Crippen molar-refractivity contribution in [3.63, 3.8) is 0 Å². The van der Waals surface area contributed by atoms with Crippen LogP contribution in [0.3, 0.4) is 0 Å². The van der Waals surface area contributed by atoms with Crippen molar-refractivity contribution in [2.45, 2.75) is 51.6 Å². The van der Waals surface area contributed by atoms with Crippen molar-refractivity contribution in [3.05, 3.63) is 0 Å². The highest BCUT2D eigenvalue weighted by molar-refractivity contribution is 5.74. The van der Waals surface area contributed by atoms with Crippen LogP contribution in [0.25, 0.3) is 0 Å². The Balaban J connectivity index is 2.94. The molecule has 1 unspecified atom stereocenters. The monoisotopic (exact) mass is 214 g/mol. The SMILES string of the molecule is COC(=O)C1CCC(C)(C)N([O])C1(C)C. The number of piperidine rings is 1. The number of ether oxygens (including phenoxy) is 1. The Hall–Kier alpha value is -0.610. The van der Waals surface area contributed by atoms with Gasteiger partial charge in [-0.2, -0.15) is 0 Å². The van der Waals surface area contributed by atoms with Gasteiger partial charge in [-0.3, -0.25) is 4.79 Å². The molecular formula is C11H20NO3. The molecule has 0 aromatic heterocycles. The van der Waals surface area contributed by atoms with E-state index in [0.29, 0.717) is 6.42 Å². The van der Waals surface area contributed by atoms with Gasteiger partial charge in [0.05, 0.1) is 18.6 Å². The van der Waals surface area contributed by atoms with E-state index in [1.165, 1.54) is 7.11 Å². The maximum atomic E-state index is 12.1. The summed E-state index contributed by atoms with van der Waals surface area (Å²) in [6.45, 7) is 7.44. The molecule has 1 aliphatic heterocycles. The van der Waals surface area contributed by atoms with Crippen molar-refractivity contribution in [1.82, 2.24) is 5.06 Å². The molecule has 1 fully saturated rings. The van der Waals surface area contributed by atoms with Crippen molar-refractivity contribution in [3.8, 4) is 0 Å². The summed E-state index contributed by atoms with van der Waals surface area (Å²) in [7, 11) is 1.37. The van der Waals surface area contributed by atoms with Gasteiger partial charge in [-0.25, -0.2) is 0 Å². The summed E-state index contributed by atoms with van der Waals surface area (Å²) in [6, 6.07) is 0. The van der Waals surface area contributed by atoms with Crippen LogP contribution in [0.1, 0.15) is 40.5 Å². The van der Waals surface area contributed by atoms with E-state index in [1.54, 1.807) is 0 Å². The molecule has 0 spiro atoms. The molecule has 0 aromatic carbocycles. The van der Waals surface area contributed by atoms with Gasteiger partial charge in [-0.15, -0.1) is 10.3 Å². The number of esters is 1. The van der Waals surface area contributed by atoms with Crippen LogP contribution in [-0.4, -0.2) is 29.2 Å². The first-order valence-electron chi connectivity index (χ1n) is 5.29. The lowest BCUT2D eigenvalue weighted by Gasteiger charge is -2.50. The Morgan fingerprint density at radius 3 is 2.33 bits per heavy atom. The normalized spacial score (nSPS) is 29.9. The molecule has 1 rings (SSSR count). The van der Waals surface area contributed by atoms with E-state index in [0.717, 1.165) is 11.5 Å². The van der Waals surface area contributed by atoms with Gasteiger partial charge in [0.25, 0.3) is 0 Å². The van der Waals surface area contributed by atoms with Crippen LogP contribution in [0.5, 0.6) is 0 Å². The Labute approximate surface area is 91.2 Å². The third-order valence-electron chi connectivity index (χ3n) is 3.46. The number of hydrogen-bond donors (Lipinski definition) is 0. The van der Waals surface area contributed by atoms with Crippen LogP contribution < -0.4 is 0 Å². The average Bonchev–Trinajstić information content (AvgIpc) is 2.14. The first-order chi connectivity index (χ1) is 6.73. The lowest BCUT2D eigenvalue weighted by Crippen LogP contribution is -2.61. The Morgan fingerprint density at radius 1 is 1.33 bits per heavy atom. The molecule has 0 saturated carbocycles. The van der Waals surface area contributed by atoms with E-state index in [9.17, 15) is 10.0 Å². The van der Waals surface area contributed by atoms with Gasteiger partial charge >= 0.3 is 5.97 Å². The van der Waals surface area contributed by atoms with Crippen LogP contribution in [0.4, 0.5) is 0 Å². The van der Waals surface area contributed by atoms with Crippen molar-refractivity contribution >= 4 is 5.97 Å². The van der Waals surface area contributed by atoms with Crippen molar-refractivity contribution < 1.29 is 14.7 Å². The van der Waals surface area contributed by atoms with E-state index in [4.69, 9.17) is 4.74 Å². The highest BCUT2D eigenvalue weighted by Gasteiger charge is 2.51. The summed E-state index contributed by atoms with van der Waals surface area (Å²) in [5.74, 6) is -0.607. The molecule has 15 heavy (non-hydrogen) atoms. The van der Waals surface area contributed by atoms with E-state index in [-0.39, 0.29) is 11.9 Å². The minimum absolute atomic E-state index is 0.281. The fourth-order valence-electron chi connectivity index (χ4n) is 2.42. The van der Waals surface area contributed by atoms with Crippen LogP contribution in [0.2, 0.25) is 0 Å². The quantitative estimate of drug-likeness (QED) is 0.625. The minimum Gasteiger partial charge on any atom is -0.469 e. The smallest absolute Gasteiger partial charge is 0.310 e. The van der Waals surface area contributed by atoms with E-state index >= 15 is 0 Å². The standard InChI is InChI=1S/C11H20NO3/c1-10(2)7-6-8(9(13)15-5)11(3,4)12(10)14/h8H,6-7H2,1-5H3. The van der Waals surface area contributed by atoms with Gasteiger partial charge in [0.1, 0.15) is 0 Å². The number of methoxy groups -OCH3 is 1. The number of nitrogens with zero attached hydrogens (tertiary/aromatic N) is 1. The van der Waals surface area contributed by atoms with Crippen LogP contribution in [0, 0.1) is 5.92 Å². The summed E-state index contributed by atoms with van der Waals surface area (Å²) in [6.07, 6.45) is 1.44. The Bertz CT molecular complexity index is 261. The average molecular weight is 214 g/mol. The predicted octanol–water partition coefficient (Wildman–Crippen LogP) is 1.77. The highest BCUT2D eigenvalue weighted by Crippen LogP contribution is 2.41. The first kappa shape index (κ1) is 12.5. The van der Waals surface area contributed by atoms with Crippen molar-refractivity contribution in [2.24, 2.45) is 5.92 Å². The number of rotatable bonds is 1. The summed E-state index contributed by atoms with van der Waals surface area (Å²) >= 11 is 0. The molecule has 0 amide bonds. The first-order valence-corrected chi connectivity index (χ1v) is 5.29. The fraction of sp³-hybridized carbons (Fsp3) is 0.909. The zero-order valence-electron chi connectivity index (χ0n) is 10.2. The largest absolute Gasteiger partial charge is 0.469 e. The maximum absolute atomic E-state index is 12.1. The molecule has 1 radical (unpaired) electrons. The number of hydroxylamine groups is 2. The molecule has 0 aromatic rings. The predicted molar refractivity (Wildman–Crippen MR) is 55.4 cm³/mol. The summed E-state index contributed by atoms with van der Waals surface area (Å²) in [4.78, 5) is 11.6. The fourth-order valence-corrected chi connectivity index (χ4v) is 2.42. The van der Waals surface area contributed by atoms with Crippen LogP contribution in [0.15, 0.2) is 0 Å². The molecule has 4 nitrogen and oxygen atoms in total. The summed E-state index contributed by atoms with van der Waals surface area (Å²) in [5.41, 5.74) is -1.08. The third kappa shape index (κ3) is 2.01. The second-order valence-electron chi connectivity index (χ2n) is 5.37. The van der Waals surface area contributed by atoms with Crippen molar-refractivity contribution in [2.75, 3.05) is 7.11 Å². The van der Waals surface area contributed by atoms with Gasteiger partial charge < -0.3 is 4.74 Å². The molecule has 1 heterocycles. The highest BCUT2D eigenvalue weighted by atomic mass is 16.5. The number of carbonyl (C=O) groups is 1. The molecule has 1 atom stereocenters. The number of carbonyl (C=O) groups excluding carboxylic acids is 1. The van der Waals surface area contributed by atoms with Gasteiger partial charge in [0, 0.05) is 5.54 Å². The van der Waals surface area contributed by atoms with Gasteiger partial charge in [-0.1, -0.05) is 0 Å². The van der Waals surface area contributed by atoms with Gasteiger partial charge in [0.2, 0.25) is 0 Å². The molecule has 0 aliphatic carbocycles. The van der Waals surface area contributed by atoms with Gasteiger partial charge in [0.15, 0.2) is 0 Å². The van der Waals surface area contributed by atoms with Crippen LogP contribution >= 0.6 is 0 Å². The molecule has 1 saturated heterocycles. The Morgan fingerprint density at radius 2 is 1.87 bits per heavy atom. The second kappa shape index (κ2) is 3.76.